The van der Waals surface area contributed by atoms with Crippen LogP contribution in [0, 0.1) is 0 Å². The molecule has 0 spiro atoms. The molecule has 4 nitrogen and oxygen atoms in total. The number of carbonyl (C=O) groups excluding carboxylic acids is 1. The number of aromatic nitrogens is 1. The zero-order chi connectivity index (χ0) is 12.5. The van der Waals surface area contributed by atoms with Crippen molar-refractivity contribution >= 4 is 46.7 Å². The Morgan fingerprint density at radius 1 is 1.25 bits per heavy atom. The van der Waals surface area contributed by atoms with Gasteiger partial charge in [-0.3, -0.25) is 9.78 Å². The Bertz CT molecular complexity index is 463. The maximum Gasteiger partial charge on any atom is 0.253 e. The summed E-state index contributed by atoms with van der Waals surface area (Å²) >= 11 is 3.33. The molecule has 2 saturated heterocycles. The molecule has 2 aliphatic heterocycles. The van der Waals surface area contributed by atoms with E-state index < -0.39 is 0 Å². The van der Waals surface area contributed by atoms with Gasteiger partial charge in [0.25, 0.3) is 5.91 Å². The monoisotopic (exact) mass is 381 g/mol. The molecule has 2 fully saturated rings. The molecule has 1 aromatic rings. The quantitative estimate of drug-likeness (QED) is 0.826. The Labute approximate surface area is 139 Å². The minimum Gasteiger partial charge on any atom is -0.349 e. The van der Waals surface area contributed by atoms with Gasteiger partial charge in [0, 0.05) is 35.0 Å². The Balaban J connectivity index is 0.000001000. The molecule has 2 N–H and O–H groups in total. The normalized spacial score (nSPS) is 27.1. The third-order valence-corrected chi connectivity index (χ3v) is 4.21. The van der Waals surface area contributed by atoms with Crippen molar-refractivity contribution in [1.82, 2.24) is 15.6 Å². The second kappa shape index (κ2) is 7.59. The van der Waals surface area contributed by atoms with Gasteiger partial charge in [-0.05, 0) is 47.7 Å². The van der Waals surface area contributed by atoms with Crippen molar-refractivity contribution < 1.29 is 4.79 Å². The summed E-state index contributed by atoms with van der Waals surface area (Å²) in [6.07, 6.45) is 7.87. The van der Waals surface area contributed by atoms with Crippen molar-refractivity contribution in [2.75, 3.05) is 0 Å². The Kier molecular flexibility index (Phi) is 6.72. The van der Waals surface area contributed by atoms with Gasteiger partial charge in [-0.15, -0.1) is 24.8 Å². The summed E-state index contributed by atoms with van der Waals surface area (Å²) < 4.78 is 0.834. The molecule has 3 heterocycles. The van der Waals surface area contributed by atoms with Gasteiger partial charge in [0.2, 0.25) is 0 Å². The van der Waals surface area contributed by atoms with E-state index in [4.69, 9.17) is 0 Å². The molecular formula is C13H18BrCl2N3O. The zero-order valence-electron chi connectivity index (χ0n) is 10.8. The van der Waals surface area contributed by atoms with Gasteiger partial charge in [0.1, 0.15) is 0 Å². The number of hydrogen-bond donors (Lipinski definition) is 2. The van der Waals surface area contributed by atoms with Gasteiger partial charge in [0.05, 0.1) is 5.56 Å². The zero-order valence-corrected chi connectivity index (χ0v) is 14.1. The summed E-state index contributed by atoms with van der Waals surface area (Å²) in [4.78, 5) is 16.1. The second-order valence-electron chi connectivity index (χ2n) is 5.17. The van der Waals surface area contributed by atoms with Crippen LogP contribution in [0.15, 0.2) is 22.9 Å². The van der Waals surface area contributed by atoms with E-state index in [2.05, 4.69) is 31.5 Å². The minimum absolute atomic E-state index is 0. The maximum atomic E-state index is 12.1. The average Bonchev–Trinajstić information content (AvgIpc) is 2.69. The van der Waals surface area contributed by atoms with E-state index in [0.717, 1.165) is 17.3 Å². The number of fused-ring (bicyclic) bond motifs is 2. The number of nitrogens with zero attached hydrogens (tertiary/aromatic N) is 1. The summed E-state index contributed by atoms with van der Waals surface area (Å²) in [6, 6.07) is 3.29. The molecule has 1 amide bonds. The van der Waals surface area contributed by atoms with Crippen LogP contribution in [-0.2, 0) is 0 Å². The molecule has 7 heteroatoms. The summed E-state index contributed by atoms with van der Waals surface area (Å²) in [5, 5.41) is 6.69. The fourth-order valence-electron chi connectivity index (χ4n) is 2.98. The van der Waals surface area contributed by atoms with Crippen LogP contribution in [0.1, 0.15) is 36.0 Å². The molecule has 2 atom stereocenters. The molecule has 112 valence electrons. The lowest BCUT2D eigenvalue weighted by Crippen LogP contribution is -2.48. The number of carbonyl (C=O) groups is 1. The van der Waals surface area contributed by atoms with Crippen LogP contribution in [-0.4, -0.2) is 29.0 Å². The fourth-order valence-corrected chi connectivity index (χ4v) is 3.34. The standard InChI is InChI=1S/C13H16BrN3O.2ClH/c14-9-3-8(6-15-7-9)13(18)17-12-4-10-1-2-11(5-12)16-10;;/h3,6-7,10-12,16H,1-2,4-5H2,(H,17,18);2*1H. The highest BCUT2D eigenvalue weighted by atomic mass is 79.9. The smallest absolute Gasteiger partial charge is 0.253 e. The summed E-state index contributed by atoms with van der Waals surface area (Å²) in [5.74, 6) is -0.0184. The predicted octanol–water partition coefficient (Wildman–Crippen LogP) is 2.70. The van der Waals surface area contributed by atoms with Gasteiger partial charge < -0.3 is 10.6 Å². The van der Waals surface area contributed by atoms with E-state index in [1.165, 1.54) is 12.8 Å². The van der Waals surface area contributed by atoms with Crippen molar-refractivity contribution in [3.05, 3.63) is 28.5 Å². The van der Waals surface area contributed by atoms with Crippen LogP contribution in [0.25, 0.3) is 0 Å². The fraction of sp³-hybridized carbons (Fsp3) is 0.538. The number of amides is 1. The molecule has 2 bridgehead atoms. The Morgan fingerprint density at radius 2 is 1.90 bits per heavy atom. The molecule has 3 rings (SSSR count). The second-order valence-corrected chi connectivity index (χ2v) is 6.09. The lowest BCUT2D eigenvalue weighted by Gasteiger charge is -2.29. The van der Waals surface area contributed by atoms with Crippen molar-refractivity contribution in [2.45, 2.75) is 43.8 Å². The largest absolute Gasteiger partial charge is 0.349 e. The molecule has 0 aromatic carbocycles. The van der Waals surface area contributed by atoms with Gasteiger partial charge in [-0.25, -0.2) is 0 Å². The minimum atomic E-state index is -0.0184. The summed E-state index contributed by atoms with van der Waals surface area (Å²) in [7, 11) is 0. The number of halogens is 3. The molecule has 2 aliphatic rings. The van der Waals surface area contributed by atoms with Crippen LogP contribution >= 0.6 is 40.7 Å². The van der Waals surface area contributed by atoms with E-state index in [-0.39, 0.29) is 30.7 Å². The van der Waals surface area contributed by atoms with Crippen molar-refractivity contribution in [3.8, 4) is 0 Å². The highest BCUT2D eigenvalue weighted by Crippen LogP contribution is 2.26. The third kappa shape index (κ3) is 4.07. The molecule has 0 aliphatic carbocycles. The first-order chi connectivity index (χ1) is 8.70. The average molecular weight is 383 g/mol. The van der Waals surface area contributed by atoms with Gasteiger partial charge in [-0.1, -0.05) is 0 Å². The first-order valence-corrected chi connectivity index (χ1v) is 7.17. The van der Waals surface area contributed by atoms with Crippen LogP contribution < -0.4 is 10.6 Å². The van der Waals surface area contributed by atoms with Gasteiger partial charge in [-0.2, -0.15) is 0 Å². The Hall–Kier alpha value is -0.360. The number of piperidine rings is 1. The van der Waals surface area contributed by atoms with Crippen LogP contribution in [0.2, 0.25) is 0 Å². The topological polar surface area (TPSA) is 54.0 Å². The maximum absolute atomic E-state index is 12.1. The third-order valence-electron chi connectivity index (χ3n) is 3.78. The van der Waals surface area contributed by atoms with Gasteiger partial charge in [0.15, 0.2) is 0 Å². The van der Waals surface area contributed by atoms with E-state index >= 15 is 0 Å². The van der Waals surface area contributed by atoms with Crippen molar-refractivity contribution in [1.29, 1.82) is 0 Å². The molecule has 2 unspecified atom stereocenters. The number of rotatable bonds is 2. The molecule has 1 aromatic heterocycles. The first kappa shape index (κ1) is 17.7. The van der Waals surface area contributed by atoms with E-state index in [1.807, 2.05) is 0 Å². The first-order valence-electron chi connectivity index (χ1n) is 6.38. The van der Waals surface area contributed by atoms with Crippen molar-refractivity contribution in [2.24, 2.45) is 0 Å². The van der Waals surface area contributed by atoms with Crippen LogP contribution in [0.4, 0.5) is 0 Å². The van der Waals surface area contributed by atoms with E-state index in [9.17, 15) is 4.79 Å². The lowest BCUT2D eigenvalue weighted by molar-refractivity contribution is 0.0923. The Morgan fingerprint density at radius 3 is 2.50 bits per heavy atom. The molecule has 0 saturated carbocycles. The van der Waals surface area contributed by atoms with Crippen LogP contribution in [0.3, 0.4) is 0 Å². The predicted molar refractivity (Wildman–Crippen MR) is 86.9 cm³/mol. The number of hydrogen-bond acceptors (Lipinski definition) is 3. The van der Waals surface area contributed by atoms with Gasteiger partial charge >= 0.3 is 0 Å². The lowest BCUT2D eigenvalue weighted by atomic mass is 9.99. The van der Waals surface area contributed by atoms with Crippen molar-refractivity contribution in [3.63, 3.8) is 0 Å². The van der Waals surface area contributed by atoms with E-state index in [0.29, 0.717) is 23.7 Å². The molecule has 0 radical (unpaired) electrons. The SMILES string of the molecule is Cl.Cl.O=C(NC1CC2CCC(C1)N2)c1cncc(Br)c1. The highest BCUT2D eigenvalue weighted by Gasteiger charge is 2.34. The molecular weight excluding hydrogens is 365 g/mol. The van der Waals surface area contributed by atoms with Crippen LogP contribution in [0.5, 0.6) is 0 Å². The van der Waals surface area contributed by atoms with E-state index in [1.54, 1.807) is 18.5 Å². The summed E-state index contributed by atoms with van der Waals surface area (Å²) in [5.41, 5.74) is 0.621. The highest BCUT2D eigenvalue weighted by molar-refractivity contribution is 9.10. The summed E-state index contributed by atoms with van der Waals surface area (Å²) in [6.45, 7) is 0. The number of pyridine rings is 1. The molecule has 20 heavy (non-hydrogen) atoms. The number of nitrogens with one attached hydrogen (secondary N) is 2.